The molecule has 5 nitrogen and oxygen atoms in total. The van der Waals surface area contributed by atoms with E-state index in [0.29, 0.717) is 18.0 Å². The molecule has 0 amide bonds. The Labute approximate surface area is 81.4 Å². The van der Waals surface area contributed by atoms with Gasteiger partial charge in [-0.1, -0.05) is 13.8 Å². The molecular weight excluding hydrogens is 188 g/mol. The summed E-state index contributed by atoms with van der Waals surface area (Å²) in [4.78, 5) is 11.4. The number of nitrogens with two attached hydrogens (primary N) is 1. The lowest BCUT2D eigenvalue weighted by Gasteiger charge is -2.05. The first kappa shape index (κ1) is 10.0. The molecular formula is C7H12N4OS. The Kier molecular flexibility index (Phi) is 2.92. The molecule has 0 unspecified atom stereocenters. The summed E-state index contributed by atoms with van der Waals surface area (Å²) in [5.41, 5.74) is 0.0593. The first-order chi connectivity index (χ1) is 6.02. The molecule has 1 rings (SSSR count). The van der Waals surface area contributed by atoms with Gasteiger partial charge < -0.3 is 5.84 Å². The topological polar surface area (TPSA) is 73.8 Å². The summed E-state index contributed by atoms with van der Waals surface area (Å²) in [5, 5.41) is 7.51. The normalized spacial score (nSPS) is 10.8. The quantitative estimate of drug-likeness (QED) is 0.514. The van der Waals surface area contributed by atoms with Gasteiger partial charge in [0, 0.05) is 0 Å². The Balaban J connectivity index is 3.12. The van der Waals surface area contributed by atoms with Gasteiger partial charge in [0.05, 0.1) is 0 Å². The lowest BCUT2D eigenvalue weighted by atomic mass is 10.1. The summed E-state index contributed by atoms with van der Waals surface area (Å²) in [6.45, 7) is 3.99. The van der Waals surface area contributed by atoms with Crippen LogP contribution in [-0.2, 0) is 6.42 Å². The van der Waals surface area contributed by atoms with E-state index in [1.807, 2.05) is 13.8 Å². The second-order valence-corrected chi connectivity index (χ2v) is 3.62. The third-order valence-electron chi connectivity index (χ3n) is 1.54. The largest absolute Gasteiger partial charge is 0.334 e. The molecule has 0 aliphatic rings. The standard InChI is InChI=1S/C7H12N4OS/c1-4(2)3-5-6(12)11(8)7(13)10-9-5/h4H,3,8H2,1-2H3,(H,10,13). The molecule has 6 heteroatoms. The molecule has 13 heavy (non-hydrogen) atoms. The zero-order valence-corrected chi connectivity index (χ0v) is 8.45. The van der Waals surface area contributed by atoms with Crippen molar-refractivity contribution in [2.24, 2.45) is 5.92 Å². The number of nitrogens with zero attached hydrogens (tertiary/aromatic N) is 3. The van der Waals surface area contributed by atoms with E-state index in [-0.39, 0.29) is 10.7 Å². The highest BCUT2D eigenvalue weighted by Crippen LogP contribution is 2.00. The average molecular weight is 200 g/mol. The molecule has 0 bridgehead atoms. The lowest BCUT2D eigenvalue weighted by Crippen LogP contribution is -2.33. The third-order valence-corrected chi connectivity index (χ3v) is 1.85. The van der Waals surface area contributed by atoms with E-state index in [1.165, 1.54) is 0 Å². The minimum Gasteiger partial charge on any atom is -0.334 e. The summed E-state index contributed by atoms with van der Waals surface area (Å²) < 4.78 is 0.897. The maximum atomic E-state index is 11.4. The van der Waals surface area contributed by atoms with Crippen molar-refractivity contribution in [2.75, 3.05) is 5.84 Å². The molecule has 0 aliphatic carbocycles. The molecule has 0 aromatic carbocycles. The predicted octanol–water partition coefficient (Wildman–Crippen LogP) is -0.161. The van der Waals surface area contributed by atoms with Crippen molar-refractivity contribution in [2.45, 2.75) is 25.4 Å². The molecule has 0 aliphatic heterocycles. The van der Waals surface area contributed by atoms with Crippen LogP contribution in [-0.4, -0.2) is 14.9 Å². The molecule has 2 N–H and O–H groups in total. The van der Waals surface area contributed by atoms with Crippen LogP contribution in [0.5, 0.6) is 0 Å². The maximum Gasteiger partial charge on any atom is 0.294 e. The van der Waals surface area contributed by atoms with Crippen LogP contribution in [0.2, 0.25) is 0 Å². The molecule has 1 heterocycles. The monoisotopic (exact) mass is 200 g/mol. The number of rotatable bonds is 2. The van der Waals surface area contributed by atoms with Crippen LogP contribution in [0.25, 0.3) is 0 Å². The van der Waals surface area contributed by atoms with Crippen LogP contribution in [0.4, 0.5) is 0 Å². The van der Waals surface area contributed by atoms with Crippen molar-refractivity contribution in [3.63, 3.8) is 0 Å². The third kappa shape index (κ3) is 2.21. The molecule has 0 saturated carbocycles. The van der Waals surface area contributed by atoms with Gasteiger partial charge in [0.1, 0.15) is 5.69 Å². The summed E-state index contributed by atoms with van der Waals surface area (Å²) >= 11 is 3.87. The molecule has 1 aromatic rings. The van der Waals surface area contributed by atoms with Gasteiger partial charge in [-0.2, -0.15) is 4.68 Å². The highest BCUT2D eigenvalue weighted by Gasteiger charge is 2.08. The fourth-order valence-electron chi connectivity index (χ4n) is 0.941. The van der Waals surface area contributed by atoms with Crippen LogP contribution in [0, 0.1) is 5.92 Å². The fourth-order valence-corrected chi connectivity index (χ4v) is 1.08. The highest BCUT2D eigenvalue weighted by molar-refractivity contribution is 7.80. The Morgan fingerprint density at radius 3 is 2.69 bits per heavy atom. The zero-order valence-electron chi connectivity index (χ0n) is 7.56. The van der Waals surface area contributed by atoms with Crippen molar-refractivity contribution >= 4 is 12.6 Å². The fraction of sp³-hybridized carbons (Fsp3) is 0.571. The van der Waals surface area contributed by atoms with Gasteiger partial charge in [-0.05, 0) is 12.3 Å². The second kappa shape index (κ2) is 3.78. The van der Waals surface area contributed by atoms with Crippen molar-refractivity contribution in [3.8, 4) is 0 Å². The van der Waals surface area contributed by atoms with E-state index in [9.17, 15) is 4.79 Å². The van der Waals surface area contributed by atoms with Gasteiger partial charge in [-0.15, -0.1) is 22.8 Å². The SMILES string of the molecule is CC(C)Cc1nnc(S)n(N)c1=O. The number of hydrogen-bond donors (Lipinski definition) is 2. The van der Waals surface area contributed by atoms with E-state index < -0.39 is 0 Å². The maximum absolute atomic E-state index is 11.4. The van der Waals surface area contributed by atoms with Crippen LogP contribution >= 0.6 is 12.6 Å². The minimum absolute atomic E-state index is 0.123. The molecule has 0 fully saturated rings. The number of hydrogen-bond acceptors (Lipinski definition) is 5. The summed E-state index contributed by atoms with van der Waals surface area (Å²) in [7, 11) is 0. The number of thiol groups is 1. The van der Waals surface area contributed by atoms with E-state index in [2.05, 4.69) is 22.8 Å². The van der Waals surface area contributed by atoms with Gasteiger partial charge in [0.2, 0.25) is 5.16 Å². The van der Waals surface area contributed by atoms with Crippen LogP contribution in [0.3, 0.4) is 0 Å². The molecule has 0 saturated heterocycles. The highest BCUT2D eigenvalue weighted by atomic mass is 32.1. The first-order valence-corrected chi connectivity index (χ1v) is 4.39. The van der Waals surface area contributed by atoms with Gasteiger partial charge >= 0.3 is 0 Å². The Bertz CT molecular complexity index is 360. The van der Waals surface area contributed by atoms with Crippen LogP contribution < -0.4 is 11.4 Å². The molecule has 1 aromatic heterocycles. The van der Waals surface area contributed by atoms with Crippen molar-refractivity contribution < 1.29 is 0 Å². The molecule has 0 atom stereocenters. The van der Waals surface area contributed by atoms with E-state index in [4.69, 9.17) is 5.84 Å². The minimum atomic E-state index is -0.325. The average Bonchev–Trinajstić information content (AvgIpc) is 2.06. The molecule has 0 spiro atoms. The van der Waals surface area contributed by atoms with E-state index in [1.54, 1.807) is 0 Å². The smallest absolute Gasteiger partial charge is 0.294 e. The summed E-state index contributed by atoms with van der Waals surface area (Å²) in [6.07, 6.45) is 0.580. The van der Waals surface area contributed by atoms with Crippen molar-refractivity contribution in [1.82, 2.24) is 14.9 Å². The lowest BCUT2D eigenvalue weighted by molar-refractivity contribution is 0.588. The number of nitrogen functional groups attached to an aromatic ring is 1. The van der Waals surface area contributed by atoms with Gasteiger partial charge in [0.25, 0.3) is 5.56 Å². The van der Waals surface area contributed by atoms with Crippen LogP contribution in [0.15, 0.2) is 9.95 Å². The molecule has 72 valence electrons. The molecule has 0 radical (unpaired) electrons. The summed E-state index contributed by atoms with van der Waals surface area (Å²) in [5.74, 6) is 5.74. The van der Waals surface area contributed by atoms with Crippen molar-refractivity contribution in [1.29, 1.82) is 0 Å². The first-order valence-electron chi connectivity index (χ1n) is 3.95. The zero-order chi connectivity index (χ0) is 10.0. The van der Waals surface area contributed by atoms with E-state index >= 15 is 0 Å². The predicted molar refractivity (Wildman–Crippen MR) is 52.2 cm³/mol. The second-order valence-electron chi connectivity index (χ2n) is 3.22. The van der Waals surface area contributed by atoms with Crippen LogP contribution in [0.1, 0.15) is 19.5 Å². The van der Waals surface area contributed by atoms with Gasteiger partial charge in [-0.3, -0.25) is 4.79 Å². The number of aromatic nitrogens is 3. The Morgan fingerprint density at radius 1 is 1.54 bits per heavy atom. The Morgan fingerprint density at radius 2 is 2.15 bits per heavy atom. The summed E-state index contributed by atoms with van der Waals surface area (Å²) in [6, 6.07) is 0. The Hall–Kier alpha value is -1.04. The van der Waals surface area contributed by atoms with Gasteiger partial charge in [-0.25, -0.2) is 0 Å². The van der Waals surface area contributed by atoms with Crippen molar-refractivity contribution in [3.05, 3.63) is 16.0 Å². The van der Waals surface area contributed by atoms with Gasteiger partial charge in [0.15, 0.2) is 0 Å². The van der Waals surface area contributed by atoms with E-state index in [0.717, 1.165) is 4.68 Å².